The van der Waals surface area contributed by atoms with Gasteiger partial charge in [-0.1, -0.05) is 232 Å². The van der Waals surface area contributed by atoms with Gasteiger partial charge in [-0.05, 0) is 171 Å². The number of allylic oxidation sites excluding steroid dienone is 2. The van der Waals surface area contributed by atoms with Gasteiger partial charge in [-0.2, -0.15) is 0 Å². The molecule has 2 unspecified atom stereocenters. The van der Waals surface area contributed by atoms with Gasteiger partial charge in [0.2, 0.25) is 0 Å². The number of hydrogen-bond acceptors (Lipinski definition) is 0. The fraction of sp³-hybridized carbons (Fsp3) is 0.935. The van der Waals surface area contributed by atoms with Gasteiger partial charge in [-0.3, -0.25) is 0 Å². The van der Waals surface area contributed by atoms with Crippen LogP contribution in [0.5, 0.6) is 0 Å². The van der Waals surface area contributed by atoms with Gasteiger partial charge < -0.3 is 0 Å². The Morgan fingerprint density at radius 1 is 0.210 bits per heavy atom. The molecule has 0 radical (unpaired) electrons. The second-order valence-electron chi connectivity index (χ2n) is 26.0. The molecule has 0 aromatic rings. The van der Waals surface area contributed by atoms with Crippen molar-refractivity contribution in [2.75, 3.05) is 0 Å². The van der Waals surface area contributed by atoms with E-state index in [9.17, 15) is 0 Å². The van der Waals surface area contributed by atoms with E-state index in [4.69, 9.17) is 0 Å². The predicted octanol–water partition coefficient (Wildman–Crippen LogP) is 22.6. The molecular weight excluding hydrogens is 745 g/mol. The third-order valence-corrected chi connectivity index (χ3v) is 11.4. The molecule has 0 bridgehead atoms. The Bertz CT molecular complexity index is 758. The van der Waals surface area contributed by atoms with Crippen LogP contribution in [0.15, 0.2) is 24.3 Å². The molecule has 0 saturated heterocycles. The van der Waals surface area contributed by atoms with E-state index in [0.29, 0.717) is 23.7 Å². The smallest absolute Gasteiger partial charge is 0.0229 e. The summed E-state index contributed by atoms with van der Waals surface area (Å²) in [7, 11) is 0. The van der Waals surface area contributed by atoms with Crippen LogP contribution < -0.4 is 0 Å². The molecule has 0 saturated carbocycles. The lowest BCUT2D eigenvalue weighted by molar-refractivity contribution is 0.368. The van der Waals surface area contributed by atoms with Crippen molar-refractivity contribution in [3.63, 3.8) is 0 Å². The first kappa shape index (κ1) is 73.1. The Hall–Kier alpha value is -0.520. The molecule has 0 heterocycles. The summed E-state index contributed by atoms with van der Waals surface area (Å²) in [6, 6.07) is 0. The Morgan fingerprint density at radius 3 is 0.403 bits per heavy atom. The van der Waals surface area contributed by atoms with Gasteiger partial charge in [0.05, 0.1) is 0 Å². The highest BCUT2D eigenvalue weighted by atomic mass is 14.2. The summed E-state index contributed by atoms with van der Waals surface area (Å²) < 4.78 is 0. The van der Waals surface area contributed by atoms with Crippen LogP contribution in [0.3, 0.4) is 0 Å². The summed E-state index contributed by atoms with van der Waals surface area (Å²) >= 11 is 0. The van der Waals surface area contributed by atoms with Crippen molar-refractivity contribution in [2.24, 2.45) is 107 Å². The Labute approximate surface area is 401 Å². The highest BCUT2D eigenvalue weighted by Gasteiger charge is 2.13. The summed E-state index contributed by atoms with van der Waals surface area (Å²) in [5, 5.41) is 0. The average molecular weight is 878 g/mol. The zero-order chi connectivity index (χ0) is 50.6. The molecule has 0 aliphatic carbocycles. The second kappa shape index (κ2) is 44.3. The van der Waals surface area contributed by atoms with E-state index in [2.05, 4.69) is 221 Å². The van der Waals surface area contributed by atoms with Crippen LogP contribution in [-0.4, -0.2) is 0 Å². The minimum atomic E-state index is 0.642. The molecule has 62 heavy (non-hydrogen) atoms. The molecule has 0 aliphatic rings. The van der Waals surface area contributed by atoms with Crippen molar-refractivity contribution >= 4 is 0 Å². The van der Waals surface area contributed by atoms with Gasteiger partial charge in [-0.15, -0.1) is 0 Å². The summed E-state index contributed by atoms with van der Waals surface area (Å²) in [6.07, 6.45) is 13.6. The number of hydrogen-bond donors (Lipinski definition) is 0. The van der Waals surface area contributed by atoms with E-state index >= 15 is 0 Å². The molecule has 380 valence electrons. The average Bonchev–Trinajstić information content (AvgIpc) is 3.01. The summed E-state index contributed by atoms with van der Waals surface area (Å²) in [4.78, 5) is 0. The normalized spacial score (nSPS) is 12.7. The fourth-order valence-corrected chi connectivity index (χ4v) is 9.68. The third kappa shape index (κ3) is 66.1. The van der Waals surface area contributed by atoms with Crippen molar-refractivity contribution < 1.29 is 0 Å². The maximum Gasteiger partial charge on any atom is -0.0229 e. The van der Waals surface area contributed by atoms with Crippen molar-refractivity contribution in [3.05, 3.63) is 24.3 Å². The van der Waals surface area contributed by atoms with Crippen molar-refractivity contribution in [3.8, 4) is 0 Å². The lowest BCUT2D eigenvalue weighted by Gasteiger charge is -2.19. The van der Waals surface area contributed by atoms with Crippen LogP contribution >= 0.6 is 0 Å². The molecule has 0 aromatic carbocycles. The van der Waals surface area contributed by atoms with E-state index in [1.54, 1.807) is 0 Å². The van der Waals surface area contributed by atoms with Gasteiger partial charge >= 0.3 is 0 Å². The topological polar surface area (TPSA) is 0 Å². The van der Waals surface area contributed by atoms with Crippen LogP contribution in [0.4, 0.5) is 0 Å². The van der Waals surface area contributed by atoms with Gasteiger partial charge in [-0.25, -0.2) is 0 Å². The maximum atomic E-state index is 4.11. The van der Waals surface area contributed by atoms with Gasteiger partial charge in [0.1, 0.15) is 0 Å². The number of rotatable bonds is 24. The molecule has 0 heteroatoms. The molecular formula is C62H132. The van der Waals surface area contributed by atoms with E-state index < -0.39 is 0 Å². The van der Waals surface area contributed by atoms with E-state index in [-0.39, 0.29) is 0 Å². The van der Waals surface area contributed by atoms with Crippen LogP contribution in [0.2, 0.25) is 0 Å². The maximum absolute atomic E-state index is 4.11. The van der Waals surface area contributed by atoms with Gasteiger partial charge in [0.15, 0.2) is 0 Å². The molecule has 0 N–H and O–H groups in total. The summed E-state index contributed by atoms with van der Waals surface area (Å²) in [5.41, 5.74) is 2.80. The minimum Gasteiger partial charge on any atom is -0.0993 e. The van der Waals surface area contributed by atoms with E-state index in [0.717, 1.165) is 82.9 Å². The Balaban J connectivity index is -0.000000152. The predicted molar refractivity (Wildman–Crippen MR) is 297 cm³/mol. The Morgan fingerprint density at radius 2 is 0.323 bits per heavy atom. The SMILES string of the molecule is C=C(C(C)C)C(C)CC(C)C.C=C(C(C)C)C(C)CC(C)C.CC(C)CC(C)CC(C)C.CC(C)CC(C)CC(C)C.CC(C)CC(C)CC(C)C.CC(C)CC(C)CC(C)C. The molecule has 0 aromatic heterocycles. The van der Waals surface area contributed by atoms with E-state index in [1.165, 1.54) is 75.4 Å². The quantitative estimate of drug-likeness (QED) is 0.0848. The largest absolute Gasteiger partial charge is 0.0993 e. The lowest BCUT2D eigenvalue weighted by Crippen LogP contribution is -2.07. The zero-order valence-electron chi connectivity index (χ0n) is 49.9. The first-order valence-electron chi connectivity index (χ1n) is 27.3. The van der Waals surface area contributed by atoms with Crippen LogP contribution in [-0.2, 0) is 0 Å². The molecule has 0 nitrogen and oxygen atoms in total. The van der Waals surface area contributed by atoms with Crippen LogP contribution in [0.1, 0.15) is 272 Å². The van der Waals surface area contributed by atoms with Crippen LogP contribution in [0.25, 0.3) is 0 Å². The van der Waals surface area contributed by atoms with Crippen LogP contribution in [0, 0.1) is 107 Å². The van der Waals surface area contributed by atoms with Crippen molar-refractivity contribution in [1.82, 2.24) is 0 Å². The highest BCUT2D eigenvalue weighted by molar-refractivity contribution is 5.02. The minimum absolute atomic E-state index is 0.642. The molecule has 2 atom stereocenters. The second-order valence-corrected chi connectivity index (χ2v) is 26.0. The summed E-state index contributed by atoms with van der Waals surface area (Å²) in [5.74, 6) is 14.9. The molecule has 0 amide bonds. The third-order valence-electron chi connectivity index (χ3n) is 11.4. The summed E-state index contributed by atoms with van der Waals surface area (Å²) in [6.45, 7) is 77.0. The standard InChI is InChI=1S/2C11H22.4C10H22/c2*1-8(2)7-10(5)11(6)9(3)4;4*1-8(2)6-10(5)7-9(3)4/h2*8-10H,6-7H2,1-5H3;4*8-10H,6-7H2,1-5H3. The molecule has 0 spiro atoms. The molecule has 0 rings (SSSR count). The first-order valence-corrected chi connectivity index (χ1v) is 27.3. The molecule has 0 fully saturated rings. The Kier molecular flexibility index (Phi) is 52.2. The monoisotopic (exact) mass is 877 g/mol. The van der Waals surface area contributed by atoms with Gasteiger partial charge in [0.25, 0.3) is 0 Å². The zero-order valence-corrected chi connectivity index (χ0v) is 49.9. The van der Waals surface area contributed by atoms with E-state index in [1.807, 2.05) is 0 Å². The van der Waals surface area contributed by atoms with Crippen molar-refractivity contribution in [2.45, 2.75) is 272 Å². The van der Waals surface area contributed by atoms with Crippen molar-refractivity contribution in [1.29, 1.82) is 0 Å². The first-order chi connectivity index (χ1) is 28.0. The molecule has 0 aliphatic heterocycles. The van der Waals surface area contributed by atoms with Gasteiger partial charge in [0, 0.05) is 0 Å². The fourth-order valence-electron chi connectivity index (χ4n) is 9.68. The highest BCUT2D eigenvalue weighted by Crippen LogP contribution is 2.25. The lowest BCUT2D eigenvalue weighted by atomic mass is 9.87.